The molecule has 10 heteroatoms. The summed E-state index contributed by atoms with van der Waals surface area (Å²) in [7, 11) is 1.59. The first-order valence-electron chi connectivity index (χ1n) is 13.1. The maximum absolute atomic E-state index is 13.9. The van der Waals surface area contributed by atoms with Gasteiger partial charge in [0.05, 0.1) is 11.3 Å². The zero-order chi connectivity index (χ0) is 29.2. The zero-order valence-corrected chi connectivity index (χ0v) is 24.9. The van der Waals surface area contributed by atoms with Crippen LogP contribution in [0.4, 0.5) is 0 Å². The molecule has 3 heterocycles. The van der Waals surface area contributed by atoms with E-state index in [-0.39, 0.29) is 22.4 Å². The average molecular weight is 615 g/mol. The molecule has 4 aromatic rings. The molecule has 7 nitrogen and oxygen atoms in total. The number of thioether (sulfide) groups is 2. The van der Waals surface area contributed by atoms with Gasteiger partial charge in [0, 0.05) is 21.9 Å². The van der Waals surface area contributed by atoms with Crippen molar-refractivity contribution in [2.24, 2.45) is 5.73 Å². The van der Waals surface area contributed by atoms with Gasteiger partial charge in [-0.05, 0) is 46.4 Å². The minimum atomic E-state index is -0.663. The summed E-state index contributed by atoms with van der Waals surface area (Å²) in [4.78, 5) is 40.9. The largest absolute Gasteiger partial charge is 0.497 e. The molecule has 42 heavy (non-hydrogen) atoms. The number of β-lactam (4-membered cyclic amide) rings is 1. The highest BCUT2D eigenvalue weighted by molar-refractivity contribution is 8.04. The number of amides is 1. The van der Waals surface area contributed by atoms with Crippen molar-refractivity contribution < 1.29 is 19.1 Å². The first-order valence-corrected chi connectivity index (χ1v) is 15.9. The van der Waals surface area contributed by atoms with Crippen molar-refractivity contribution >= 4 is 56.8 Å². The number of methoxy groups -OCH3 is 1. The van der Waals surface area contributed by atoms with Gasteiger partial charge in [-0.1, -0.05) is 72.4 Å². The molecule has 2 atom stereocenters. The monoisotopic (exact) mass is 614 g/mol. The first-order chi connectivity index (χ1) is 20.4. The lowest BCUT2D eigenvalue weighted by Gasteiger charge is -2.48. The number of esters is 1. The van der Waals surface area contributed by atoms with Gasteiger partial charge < -0.3 is 15.2 Å². The van der Waals surface area contributed by atoms with Crippen molar-refractivity contribution in [3.05, 3.63) is 129 Å². The van der Waals surface area contributed by atoms with Crippen molar-refractivity contribution in [1.29, 1.82) is 0 Å². The predicted octanol–water partition coefficient (Wildman–Crippen LogP) is 5.71. The molecule has 1 saturated heterocycles. The molecule has 6 rings (SSSR count). The Labute approximate surface area is 255 Å². The van der Waals surface area contributed by atoms with Gasteiger partial charge in [0.2, 0.25) is 5.91 Å². The summed E-state index contributed by atoms with van der Waals surface area (Å²) in [6.45, 7) is 0. The van der Waals surface area contributed by atoms with E-state index in [9.17, 15) is 14.4 Å². The number of nitrogens with two attached hydrogens (primary N) is 1. The Hall–Kier alpha value is -3.83. The third kappa shape index (κ3) is 5.50. The number of carbonyl (C=O) groups excluding carboxylic acids is 2. The first kappa shape index (κ1) is 28.3. The van der Waals surface area contributed by atoms with Gasteiger partial charge in [0.1, 0.15) is 22.9 Å². The van der Waals surface area contributed by atoms with E-state index in [1.807, 2.05) is 78.2 Å². The number of hydrogen-bond donors (Lipinski definition) is 1. The van der Waals surface area contributed by atoms with Crippen LogP contribution in [0.1, 0.15) is 17.2 Å². The van der Waals surface area contributed by atoms with Crippen LogP contribution in [0.3, 0.4) is 0 Å². The lowest BCUT2D eigenvalue weighted by Crippen LogP contribution is -2.68. The van der Waals surface area contributed by atoms with Crippen LogP contribution < -0.4 is 15.9 Å². The highest BCUT2D eigenvalue weighted by Crippen LogP contribution is 2.41. The van der Waals surface area contributed by atoms with E-state index in [2.05, 4.69) is 0 Å². The topological polar surface area (TPSA) is 98.9 Å². The second-order valence-electron chi connectivity index (χ2n) is 9.63. The summed E-state index contributed by atoms with van der Waals surface area (Å²) >= 11 is 4.36. The fourth-order valence-corrected chi connectivity index (χ4v) is 8.16. The summed E-state index contributed by atoms with van der Waals surface area (Å²) < 4.78 is 13.1. The second-order valence-corrected chi connectivity index (χ2v) is 13.0. The highest BCUT2D eigenvalue weighted by atomic mass is 32.2. The highest BCUT2D eigenvalue weighted by Gasteiger charge is 2.52. The van der Waals surface area contributed by atoms with Crippen molar-refractivity contribution in [3.63, 3.8) is 0 Å². The third-order valence-corrected chi connectivity index (χ3v) is 10.4. The number of rotatable bonds is 8. The number of carbonyl (C=O) groups is 2. The normalized spacial score (nSPS) is 18.4. The van der Waals surface area contributed by atoms with Gasteiger partial charge in [-0.2, -0.15) is 0 Å². The van der Waals surface area contributed by atoms with E-state index < -0.39 is 18.1 Å². The van der Waals surface area contributed by atoms with Crippen LogP contribution in [0.15, 0.2) is 117 Å². The van der Waals surface area contributed by atoms with E-state index in [4.69, 9.17) is 15.2 Å². The van der Waals surface area contributed by atoms with E-state index >= 15 is 0 Å². The molecule has 2 aliphatic rings. The fraction of sp³-hybridized carbons (Fsp3) is 0.156. The standard InChI is InChI=1S/C32H26N2O5S3/c1-38-22-12-13-23-24(35)17-26(42-25(23)16-22)40-15-14-21-18-41-31-27(33)30(36)34(31)28(21)32(37)39-29(19-8-4-2-5-9-19)20-10-6-3-7-11-20/h2-17,27,29,31H,18,33H2,1H3/b15-14+/t27-,31-/m1/s1. The predicted molar refractivity (Wildman–Crippen MR) is 169 cm³/mol. The molecule has 212 valence electrons. The molecule has 2 aliphatic heterocycles. The maximum atomic E-state index is 13.9. The molecule has 0 saturated carbocycles. The molecule has 0 bridgehead atoms. The smallest absolute Gasteiger partial charge is 0.356 e. The molecular weight excluding hydrogens is 589 g/mol. The lowest BCUT2D eigenvalue weighted by molar-refractivity contribution is -0.153. The maximum Gasteiger partial charge on any atom is 0.356 e. The van der Waals surface area contributed by atoms with E-state index in [0.717, 1.165) is 20.0 Å². The number of fused-ring (bicyclic) bond motifs is 2. The molecule has 3 aromatic carbocycles. The lowest BCUT2D eigenvalue weighted by atomic mass is 10.0. The molecule has 1 aromatic heterocycles. The van der Waals surface area contributed by atoms with Crippen molar-refractivity contribution in [1.82, 2.24) is 4.90 Å². The van der Waals surface area contributed by atoms with Gasteiger partial charge >= 0.3 is 5.97 Å². The molecule has 0 radical (unpaired) electrons. The number of ether oxygens (including phenoxy) is 2. The van der Waals surface area contributed by atoms with Gasteiger partial charge in [-0.15, -0.1) is 23.1 Å². The molecule has 0 spiro atoms. The van der Waals surface area contributed by atoms with Gasteiger partial charge in [0.25, 0.3) is 0 Å². The average Bonchev–Trinajstić information content (AvgIpc) is 3.03. The quantitative estimate of drug-likeness (QED) is 0.153. The molecule has 2 N–H and O–H groups in total. The minimum absolute atomic E-state index is 0.0742. The zero-order valence-electron chi connectivity index (χ0n) is 22.5. The summed E-state index contributed by atoms with van der Waals surface area (Å²) in [5.74, 6) is 0.260. The summed E-state index contributed by atoms with van der Waals surface area (Å²) in [5.41, 5.74) is 8.51. The van der Waals surface area contributed by atoms with Crippen molar-refractivity contribution in [2.75, 3.05) is 12.9 Å². The Morgan fingerprint density at radius 2 is 1.71 bits per heavy atom. The van der Waals surface area contributed by atoms with E-state index in [1.54, 1.807) is 25.3 Å². The Kier molecular flexibility index (Phi) is 8.21. The molecule has 1 fully saturated rings. The third-order valence-electron chi connectivity index (χ3n) is 7.03. The second kappa shape index (κ2) is 12.2. The van der Waals surface area contributed by atoms with E-state index in [1.165, 1.54) is 39.8 Å². The van der Waals surface area contributed by atoms with Crippen LogP contribution in [0.25, 0.3) is 10.1 Å². The van der Waals surface area contributed by atoms with E-state index in [0.29, 0.717) is 22.5 Å². The van der Waals surface area contributed by atoms with Gasteiger partial charge in [0.15, 0.2) is 11.5 Å². The van der Waals surface area contributed by atoms with Crippen LogP contribution in [-0.4, -0.2) is 41.1 Å². The van der Waals surface area contributed by atoms with Gasteiger partial charge in [-0.25, -0.2) is 4.79 Å². The Balaban J connectivity index is 1.32. The minimum Gasteiger partial charge on any atom is -0.497 e. The van der Waals surface area contributed by atoms with Crippen LogP contribution in [-0.2, 0) is 14.3 Å². The summed E-state index contributed by atoms with van der Waals surface area (Å²) in [6, 6.07) is 25.3. The Morgan fingerprint density at radius 1 is 1.02 bits per heavy atom. The number of hydrogen-bond acceptors (Lipinski definition) is 9. The van der Waals surface area contributed by atoms with Crippen molar-refractivity contribution in [2.45, 2.75) is 21.7 Å². The Bertz CT molecular complexity index is 1730. The van der Waals surface area contributed by atoms with Crippen molar-refractivity contribution in [3.8, 4) is 5.75 Å². The molecule has 0 unspecified atom stereocenters. The number of nitrogens with zero attached hydrogens (tertiary/aromatic N) is 1. The van der Waals surface area contributed by atoms with Crippen LogP contribution in [0.5, 0.6) is 5.75 Å². The summed E-state index contributed by atoms with van der Waals surface area (Å²) in [6.07, 6.45) is 1.16. The number of benzene rings is 3. The molecule has 1 amide bonds. The molecule has 0 aliphatic carbocycles. The van der Waals surface area contributed by atoms with Gasteiger partial charge in [-0.3, -0.25) is 14.5 Å². The SMILES string of the molecule is COc1ccc2c(=O)cc(S/C=C/C3=C(C(=O)OC(c4ccccc4)c4ccccc4)N4C(=O)[C@@H](N)[C@H]4SC3)sc2c1. The van der Waals surface area contributed by atoms with Crippen LogP contribution in [0.2, 0.25) is 0 Å². The Morgan fingerprint density at radius 3 is 2.38 bits per heavy atom. The van der Waals surface area contributed by atoms with Crippen LogP contribution >= 0.6 is 34.9 Å². The molecular formula is C32H26N2O5S3. The number of allylic oxidation sites excluding steroid dienone is 1. The van der Waals surface area contributed by atoms with Crippen LogP contribution in [0, 0.1) is 0 Å². The fourth-order valence-electron chi connectivity index (χ4n) is 4.89. The summed E-state index contributed by atoms with van der Waals surface area (Å²) in [5, 5.41) is 2.14.